The van der Waals surface area contributed by atoms with Crippen LogP contribution in [-0.4, -0.2) is 21.0 Å². The van der Waals surface area contributed by atoms with Crippen LogP contribution in [0.5, 0.6) is 0 Å². The van der Waals surface area contributed by atoms with Crippen LogP contribution in [0, 0.1) is 5.92 Å². The highest BCUT2D eigenvalue weighted by atomic mass is 32.1. The monoisotopic (exact) mass is 238 g/mol. The van der Waals surface area contributed by atoms with Crippen molar-refractivity contribution in [2.24, 2.45) is 13.0 Å². The Labute approximate surface area is 102 Å². The Kier molecular flexibility index (Phi) is 3.35. The molecule has 1 saturated heterocycles. The zero-order valence-electron chi connectivity index (χ0n) is 9.72. The van der Waals surface area contributed by atoms with Crippen LogP contribution in [0.3, 0.4) is 0 Å². The van der Waals surface area contributed by atoms with Crippen molar-refractivity contribution in [3.8, 4) is 0 Å². The van der Waals surface area contributed by atoms with Gasteiger partial charge in [0, 0.05) is 19.3 Å². The number of nitrogens with zero attached hydrogens (tertiary/aromatic N) is 3. The molecule has 1 N–H and O–H groups in total. The van der Waals surface area contributed by atoms with Gasteiger partial charge in [-0.15, -0.1) is 17.7 Å². The van der Waals surface area contributed by atoms with E-state index in [-0.39, 0.29) is 6.04 Å². The predicted octanol–water partition coefficient (Wildman–Crippen LogP) is 1.69. The number of hydrogen-bond donors (Lipinski definition) is 2. The number of aryl methyl sites for hydroxylation is 1. The molecule has 1 aromatic heterocycles. The molecule has 0 spiro atoms. The molecule has 2 heterocycles. The maximum absolute atomic E-state index is 4.38. The fraction of sp³-hybridized carbons (Fsp3) is 0.636. The first-order chi connectivity index (χ1) is 7.56. The van der Waals surface area contributed by atoms with E-state index in [9.17, 15) is 0 Å². The van der Waals surface area contributed by atoms with E-state index in [1.54, 1.807) is 4.68 Å². The summed E-state index contributed by atoms with van der Waals surface area (Å²) >= 11 is 4.38. The molecule has 2 unspecified atom stereocenters. The molecule has 1 fully saturated rings. The third-order valence-corrected chi connectivity index (χ3v) is 3.46. The Morgan fingerprint density at radius 3 is 2.94 bits per heavy atom. The van der Waals surface area contributed by atoms with Gasteiger partial charge in [0.2, 0.25) is 0 Å². The van der Waals surface area contributed by atoms with Crippen LogP contribution in [-0.2, 0) is 7.05 Å². The van der Waals surface area contributed by atoms with Crippen LogP contribution in [0.15, 0.2) is 17.7 Å². The van der Waals surface area contributed by atoms with Gasteiger partial charge in [0.1, 0.15) is 0 Å². The molecule has 0 saturated carbocycles. The Morgan fingerprint density at radius 2 is 2.38 bits per heavy atom. The molecule has 0 aromatic carbocycles. The van der Waals surface area contributed by atoms with Gasteiger partial charge in [0.05, 0.1) is 11.7 Å². The maximum Gasteiger partial charge on any atom is 0.0996 e. The van der Waals surface area contributed by atoms with Gasteiger partial charge in [-0.05, 0) is 30.6 Å². The summed E-state index contributed by atoms with van der Waals surface area (Å²) in [4.78, 5) is 0.974. The third kappa shape index (κ3) is 2.47. The Hall–Kier alpha value is -0.810. The van der Waals surface area contributed by atoms with E-state index in [0.717, 1.165) is 23.4 Å². The van der Waals surface area contributed by atoms with E-state index in [1.165, 1.54) is 0 Å². The normalized spacial score (nSPS) is 30.3. The third-order valence-electron chi connectivity index (χ3n) is 3.09. The first-order valence-corrected chi connectivity index (χ1v) is 6.01. The van der Waals surface area contributed by atoms with Crippen LogP contribution in [0.25, 0.3) is 0 Å². The summed E-state index contributed by atoms with van der Waals surface area (Å²) in [6, 6.07) is 0.737. The summed E-state index contributed by atoms with van der Waals surface area (Å²) in [6.45, 7) is 6.13. The molecule has 0 amide bonds. The van der Waals surface area contributed by atoms with Crippen molar-refractivity contribution >= 4 is 12.6 Å². The Morgan fingerprint density at radius 1 is 1.62 bits per heavy atom. The fourth-order valence-corrected chi connectivity index (χ4v) is 2.50. The van der Waals surface area contributed by atoms with Crippen molar-refractivity contribution in [2.45, 2.75) is 31.8 Å². The molecule has 1 aliphatic rings. The summed E-state index contributed by atoms with van der Waals surface area (Å²) in [5.74, 6) is 0.464. The van der Waals surface area contributed by atoms with Crippen molar-refractivity contribution < 1.29 is 0 Å². The summed E-state index contributed by atoms with van der Waals surface area (Å²) in [5, 5.41) is 11.7. The van der Waals surface area contributed by atoms with Gasteiger partial charge in [-0.25, -0.2) is 0 Å². The molecule has 5 heteroatoms. The van der Waals surface area contributed by atoms with Gasteiger partial charge in [0.15, 0.2) is 0 Å². The van der Waals surface area contributed by atoms with Crippen molar-refractivity contribution in [3.63, 3.8) is 0 Å². The SMILES string of the molecule is C=C(S)C1CC(C)N[C@H](c2cn(C)nn2)C1. The molecule has 4 nitrogen and oxygen atoms in total. The minimum absolute atomic E-state index is 0.270. The van der Waals surface area contributed by atoms with E-state index < -0.39 is 0 Å². The topological polar surface area (TPSA) is 42.7 Å². The number of rotatable bonds is 2. The molecule has 0 aliphatic carbocycles. The summed E-state index contributed by atoms with van der Waals surface area (Å²) in [6.07, 6.45) is 4.07. The van der Waals surface area contributed by atoms with Crippen LogP contribution < -0.4 is 5.32 Å². The van der Waals surface area contributed by atoms with E-state index in [0.29, 0.717) is 12.0 Å². The van der Waals surface area contributed by atoms with E-state index in [1.807, 2.05) is 13.2 Å². The van der Waals surface area contributed by atoms with Gasteiger partial charge in [-0.1, -0.05) is 11.8 Å². The molecular weight excluding hydrogens is 220 g/mol. The van der Waals surface area contributed by atoms with E-state index in [2.05, 4.69) is 41.8 Å². The Balaban J connectivity index is 2.13. The second-order valence-corrected chi connectivity index (χ2v) is 5.17. The van der Waals surface area contributed by atoms with Crippen molar-refractivity contribution in [2.75, 3.05) is 0 Å². The number of allylic oxidation sites excluding steroid dienone is 1. The van der Waals surface area contributed by atoms with Crippen molar-refractivity contribution in [1.82, 2.24) is 20.3 Å². The van der Waals surface area contributed by atoms with Crippen molar-refractivity contribution in [1.29, 1.82) is 0 Å². The van der Waals surface area contributed by atoms with Crippen LogP contribution in [0.2, 0.25) is 0 Å². The van der Waals surface area contributed by atoms with E-state index >= 15 is 0 Å². The summed E-state index contributed by atoms with van der Waals surface area (Å²) in [5.41, 5.74) is 1.01. The summed E-state index contributed by atoms with van der Waals surface area (Å²) in [7, 11) is 1.89. The molecule has 1 aromatic rings. The fourth-order valence-electron chi connectivity index (χ4n) is 2.29. The molecular formula is C11H18N4S. The largest absolute Gasteiger partial charge is 0.306 e. The minimum Gasteiger partial charge on any atom is -0.306 e. The first-order valence-electron chi connectivity index (χ1n) is 5.56. The second kappa shape index (κ2) is 4.59. The zero-order chi connectivity index (χ0) is 11.7. The lowest BCUT2D eigenvalue weighted by Gasteiger charge is -2.33. The summed E-state index contributed by atoms with van der Waals surface area (Å²) < 4.78 is 1.74. The van der Waals surface area contributed by atoms with E-state index in [4.69, 9.17) is 0 Å². The quantitative estimate of drug-likeness (QED) is 0.771. The van der Waals surface area contributed by atoms with Gasteiger partial charge in [0.25, 0.3) is 0 Å². The number of thiol groups is 1. The average molecular weight is 238 g/mol. The molecule has 0 bridgehead atoms. The lowest BCUT2D eigenvalue weighted by atomic mass is 9.87. The maximum atomic E-state index is 4.38. The van der Waals surface area contributed by atoms with Gasteiger partial charge >= 0.3 is 0 Å². The molecule has 2 rings (SSSR count). The van der Waals surface area contributed by atoms with Crippen molar-refractivity contribution in [3.05, 3.63) is 23.4 Å². The number of hydrogen-bond acceptors (Lipinski definition) is 4. The van der Waals surface area contributed by atoms with Crippen LogP contribution in [0.1, 0.15) is 31.5 Å². The van der Waals surface area contributed by atoms with Gasteiger partial charge in [-0.2, -0.15) is 0 Å². The van der Waals surface area contributed by atoms with Gasteiger partial charge in [-0.3, -0.25) is 4.68 Å². The number of piperidine rings is 1. The van der Waals surface area contributed by atoms with Gasteiger partial charge < -0.3 is 5.32 Å². The average Bonchev–Trinajstić information content (AvgIpc) is 2.64. The van der Waals surface area contributed by atoms with Crippen LogP contribution >= 0.6 is 12.6 Å². The minimum atomic E-state index is 0.270. The number of nitrogens with one attached hydrogen (secondary N) is 1. The standard InChI is InChI=1S/C11H18N4S/c1-7-4-9(8(2)16)5-10(12-7)11-6-15(3)14-13-11/h6-7,9-10,12,16H,2,4-5H2,1,3H3/t7?,9?,10-/m0/s1. The highest BCUT2D eigenvalue weighted by Gasteiger charge is 2.29. The lowest BCUT2D eigenvalue weighted by molar-refractivity contribution is 0.284. The van der Waals surface area contributed by atoms with Crippen LogP contribution in [0.4, 0.5) is 0 Å². The zero-order valence-corrected chi connectivity index (χ0v) is 10.6. The number of aromatic nitrogens is 3. The molecule has 16 heavy (non-hydrogen) atoms. The molecule has 88 valence electrons. The smallest absolute Gasteiger partial charge is 0.0996 e. The predicted molar refractivity (Wildman–Crippen MR) is 67.2 cm³/mol. The molecule has 1 aliphatic heterocycles. The second-order valence-electron chi connectivity index (χ2n) is 4.60. The first kappa shape index (κ1) is 11.7. The lowest BCUT2D eigenvalue weighted by Crippen LogP contribution is -2.39. The molecule has 0 radical (unpaired) electrons. The Bertz CT molecular complexity index is 387. The molecule has 3 atom stereocenters. The highest BCUT2D eigenvalue weighted by Crippen LogP contribution is 2.33. The highest BCUT2D eigenvalue weighted by molar-refractivity contribution is 7.84.